The average Bonchev–Trinajstić information content (AvgIpc) is 3.13. The number of amides is 2. The van der Waals surface area contributed by atoms with Gasteiger partial charge in [0.1, 0.15) is 12.3 Å². The van der Waals surface area contributed by atoms with Crippen molar-refractivity contribution in [1.29, 1.82) is 0 Å². The molecule has 1 aliphatic rings. The first kappa shape index (κ1) is 22.0. The number of carbonyl (C=O) groups excluding carboxylic acids is 2. The lowest BCUT2D eigenvalue weighted by atomic mass is 10.1. The van der Waals surface area contributed by atoms with Crippen molar-refractivity contribution in [2.45, 2.75) is 20.3 Å². The number of anilines is 1. The molecule has 3 aromatic rings. The van der Waals surface area contributed by atoms with Gasteiger partial charge in [-0.05, 0) is 50.1 Å². The number of aromatic nitrogens is 2. The monoisotopic (exact) mass is 449 g/mol. The van der Waals surface area contributed by atoms with Crippen molar-refractivity contribution in [3.63, 3.8) is 0 Å². The Morgan fingerprint density at radius 2 is 1.94 bits per heavy atom. The molecule has 0 fully saturated rings. The van der Waals surface area contributed by atoms with Crippen LogP contribution < -0.4 is 15.0 Å². The van der Waals surface area contributed by atoms with E-state index in [0.717, 1.165) is 22.6 Å². The lowest BCUT2D eigenvalue weighted by molar-refractivity contribution is -0.384. The Balaban J connectivity index is 1.34. The number of benzene rings is 2. The van der Waals surface area contributed by atoms with Crippen molar-refractivity contribution < 1.29 is 19.2 Å². The maximum Gasteiger partial charge on any atom is 0.271 e. The van der Waals surface area contributed by atoms with Crippen LogP contribution in [0.15, 0.2) is 48.5 Å². The van der Waals surface area contributed by atoms with Crippen LogP contribution in [0.5, 0.6) is 5.75 Å². The molecule has 1 aliphatic heterocycles. The summed E-state index contributed by atoms with van der Waals surface area (Å²) in [5.41, 5.74) is 4.06. The highest BCUT2D eigenvalue weighted by molar-refractivity contribution is 6.02. The summed E-state index contributed by atoms with van der Waals surface area (Å²) < 4.78 is 7.20. The molecule has 10 nitrogen and oxygen atoms in total. The fourth-order valence-corrected chi connectivity index (χ4v) is 3.72. The molecule has 0 saturated carbocycles. The first-order chi connectivity index (χ1) is 15.8. The van der Waals surface area contributed by atoms with Crippen LogP contribution in [0.25, 0.3) is 5.69 Å². The molecule has 0 bridgehead atoms. The summed E-state index contributed by atoms with van der Waals surface area (Å²) in [7, 11) is 0. The highest BCUT2D eigenvalue weighted by Crippen LogP contribution is 2.35. The summed E-state index contributed by atoms with van der Waals surface area (Å²) in [6.45, 7) is 3.87. The maximum absolute atomic E-state index is 12.5. The summed E-state index contributed by atoms with van der Waals surface area (Å²) >= 11 is 0. The van der Waals surface area contributed by atoms with Gasteiger partial charge < -0.3 is 10.1 Å². The second-order valence-corrected chi connectivity index (χ2v) is 7.78. The van der Waals surface area contributed by atoms with E-state index in [1.54, 1.807) is 0 Å². The number of aryl methyl sites for hydroxylation is 2. The zero-order chi connectivity index (χ0) is 23.5. The van der Waals surface area contributed by atoms with E-state index < -0.39 is 10.8 Å². The Morgan fingerprint density at radius 3 is 2.61 bits per heavy atom. The summed E-state index contributed by atoms with van der Waals surface area (Å²) in [6, 6.07) is 13.9. The lowest BCUT2D eigenvalue weighted by Gasteiger charge is -2.28. The molecule has 0 saturated heterocycles. The summed E-state index contributed by atoms with van der Waals surface area (Å²) in [6.07, 6.45) is 0.613. The number of carbonyl (C=O) groups is 2. The molecular weight excluding hydrogens is 426 g/mol. The number of hydrogen-bond donors (Lipinski definition) is 1. The summed E-state index contributed by atoms with van der Waals surface area (Å²) in [5.74, 6) is -0.462. The van der Waals surface area contributed by atoms with Crippen molar-refractivity contribution in [1.82, 2.24) is 15.1 Å². The maximum atomic E-state index is 12.5. The van der Waals surface area contributed by atoms with Gasteiger partial charge in [0.05, 0.1) is 22.0 Å². The van der Waals surface area contributed by atoms with Crippen LogP contribution in [0.2, 0.25) is 0 Å². The second kappa shape index (κ2) is 9.11. The number of rotatable bonds is 7. The van der Waals surface area contributed by atoms with Crippen LogP contribution >= 0.6 is 0 Å². The molecule has 0 radical (unpaired) electrons. The number of fused-ring (bicyclic) bond motifs is 1. The van der Waals surface area contributed by atoms with Crippen molar-refractivity contribution in [3.05, 3.63) is 75.6 Å². The first-order valence-corrected chi connectivity index (χ1v) is 10.4. The van der Waals surface area contributed by atoms with Crippen molar-refractivity contribution >= 4 is 23.2 Å². The Morgan fingerprint density at radius 1 is 1.18 bits per heavy atom. The Hall–Kier alpha value is -4.21. The molecule has 2 aromatic carbocycles. The molecule has 33 heavy (non-hydrogen) atoms. The van der Waals surface area contributed by atoms with Gasteiger partial charge >= 0.3 is 0 Å². The number of hydrogen-bond acceptors (Lipinski definition) is 6. The van der Waals surface area contributed by atoms with E-state index in [-0.39, 0.29) is 30.4 Å². The molecular formula is C23H23N5O5. The smallest absolute Gasteiger partial charge is 0.271 e. The number of nitro benzene ring substituents is 1. The molecule has 0 atom stereocenters. The number of nitrogens with zero attached hydrogens (tertiary/aromatic N) is 4. The molecule has 0 spiro atoms. The Labute approximate surface area is 189 Å². The highest BCUT2D eigenvalue weighted by Gasteiger charge is 2.29. The predicted molar refractivity (Wildman–Crippen MR) is 121 cm³/mol. The molecule has 0 aliphatic carbocycles. The number of ether oxygens (including phenoxy) is 1. The van der Waals surface area contributed by atoms with Gasteiger partial charge in [0.25, 0.3) is 11.6 Å². The summed E-state index contributed by atoms with van der Waals surface area (Å²) in [4.78, 5) is 36.5. The number of nitro groups is 1. The fraction of sp³-hybridized carbons (Fsp3) is 0.261. The highest BCUT2D eigenvalue weighted by atomic mass is 16.6. The van der Waals surface area contributed by atoms with E-state index in [1.807, 2.05) is 48.9 Å². The minimum Gasteiger partial charge on any atom is -0.482 e. The molecule has 4 rings (SSSR count). The van der Waals surface area contributed by atoms with E-state index in [0.29, 0.717) is 18.7 Å². The zero-order valence-corrected chi connectivity index (χ0v) is 18.3. The van der Waals surface area contributed by atoms with E-state index in [4.69, 9.17) is 4.74 Å². The van der Waals surface area contributed by atoms with Crippen LogP contribution in [-0.4, -0.2) is 46.2 Å². The van der Waals surface area contributed by atoms with E-state index in [2.05, 4.69) is 10.4 Å². The largest absolute Gasteiger partial charge is 0.482 e. The van der Waals surface area contributed by atoms with E-state index in [9.17, 15) is 19.7 Å². The minimum atomic E-state index is -0.558. The average molecular weight is 449 g/mol. The van der Waals surface area contributed by atoms with Crippen LogP contribution in [0.4, 0.5) is 11.4 Å². The normalized spacial score (nSPS) is 12.8. The Kier molecular flexibility index (Phi) is 6.07. The standard InChI is InChI=1S/C23H23N5O5/c1-15-11-16(2)27(25-15)18-5-3-17(4-6-18)9-10-24-22(29)13-26-20-12-19(28(31)32)7-8-21(20)33-14-23(26)30/h3-8,11-12H,9-10,13-14H2,1-2H3,(H,24,29). The third-order valence-corrected chi connectivity index (χ3v) is 5.32. The third kappa shape index (κ3) is 4.84. The molecule has 170 valence electrons. The molecule has 10 heteroatoms. The number of non-ortho nitro benzene ring substituents is 1. The second-order valence-electron chi connectivity index (χ2n) is 7.78. The molecule has 2 heterocycles. The van der Waals surface area contributed by atoms with Crippen molar-refractivity contribution in [3.8, 4) is 11.4 Å². The molecule has 0 unspecified atom stereocenters. The van der Waals surface area contributed by atoms with Crippen LogP contribution in [0.1, 0.15) is 17.0 Å². The molecule has 2 amide bonds. The van der Waals surface area contributed by atoms with E-state index >= 15 is 0 Å². The lowest BCUT2D eigenvalue weighted by Crippen LogP contribution is -2.45. The third-order valence-electron chi connectivity index (χ3n) is 5.32. The zero-order valence-electron chi connectivity index (χ0n) is 18.3. The quantitative estimate of drug-likeness (QED) is 0.437. The van der Waals surface area contributed by atoms with Crippen molar-refractivity contribution in [2.24, 2.45) is 0 Å². The van der Waals surface area contributed by atoms with Crippen LogP contribution in [-0.2, 0) is 16.0 Å². The van der Waals surface area contributed by atoms with E-state index in [1.165, 1.54) is 23.1 Å². The van der Waals surface area contributed by atoms with Gasteiger partial charge in [0.15, 0.2) is 6.61 Å². The van der Waals surface area contributed by atoms with Crippen LogP contribution in [0, 0.1) is 24.0 Å². The van der Waals surface area contributed by atoms with Gasteiger partial charge in [-0.15, -0.1) is 0 Å². The first-order valence-electron chi connectivity index (χ1n) is 10.4. The summed E-state index contributed by atoms with van der Waals surface area (Å²) in [5, 5.41) is 18.3. The molecule has 1 N–H and O–H groups in total. The Bertz CT molecular complexity index is 1220. The molecule has 1 aromatic heterocycles. The van der Waals surface area contributed by atoms with Gasteiger partial charge in [-0.2, -0.15) is 5.10 Å². The van der Waals surface area contributed by atoms with Gasteiger partial charge in [-0.1, -0.05) is 12.1 Å². The predicted octanol–water partition coefficient (Wildman–Crippen LogP) is 2.48. The number of nitrogens with one attached hydrogen (secondary N) is 1. The van der Waals surface area contributed by atoms with Crippen LogP contribution in [0.3, 0.4) is 0 Å². The topological polar surface area (TPSA) is 120 Å². The van der Waals surface area contributed by atoms with Gasteiger partial charge in [-0.3, -0.25) is 24.6 Å². The SMILES string of the molecule is Cc1cc(C)n(-c2ccc(CCNC(=O)CN3C(=O)COc4ccc([N+](=O)[O-])cc43)cc2)n1. The fourth-order valence-electron chi connectivity index (χ4n) is 3.72. The van der Waals surface area contributed by atoms with Gasteiger partial charge in [-0.25, -0.2) is 4.68 Å². The van der Waals surface area contributed by atoms with Gasteiger partial charge in [0.2, 0.25) is 5.91 Å². The van der Waals surface area contributed by atoms with Crippen molar-refractivity contribution in [2.75, 3.05) is 24.6 Å². The minimum absolute atomic E-state index is 0.179. The van der Waals surface area contributed by atoms with Gasteiger partial charge in [0, 0.05) is 24.4 Å².